The van der Waals surface area contributed by atoms with E-state index < -0.39 is 5.69 Å². The van der Waals surface area contributed by atoms with E-state index in [0.29, 0.717) is 39.1 Å². The summed E-state index contributed by atoms with van der Waals surface area (Å²) in [7, 11) is 0. The lowest BCUT2D eigenvalue weighted by Crippen LogP contribution is -2.43. The van der Waals surface area contributed by atoms with E-state index in [-0.39, 0.29) is 24.6 Å². The van der Waals surface area contributed by atoms with Gasteiger partial charge < -0.3 is 0 Å². The maximum atomic E-state index is 13.2. The smallest absolute Gasteiger partial charge is 0.289 e. The molecule has 1 aliphatic rings. The molecule has 0 bridgehead atoms. The number of amidine groups is 1. The number of hydrogen-bond donors (Lipinski definition) is 0. The van der Waals surface area contributed by atoms with E-state index in [4.69, 9.17) is 11.6 Å². The Labute approximate surface area is 188 Å². The number of thioether (sulfide) groups is 1. The molecule has 0 N–H and O–H groups in total. The van der Waals surface area contributed by atoms with Gasteiger partial charge in [0.1, 0.15) is 6.54 Å². The third-order valence-corrected chi connectivity index (χ3v) is 6.64. The number of nitrogens with zero attached hydrogens (tertiary/aromatic N) is 4. The van der Waals surface area contributed by atoms with Crippen molar-refractivity contribution in [3.8, 4) is 0 Å². The Balaban J connectivity index is 1.72. The highest BCUT2D eigenvalue weighted by Crippen LogP contribution is 2.29. The van der Waals surface area contributed by atoms with Crippen LogP contribution in [0.25, 0.3) is 10.9 Å². The second-order valence-electron chi connectivity index (χ2n) is 7.11. The number of aromatic nitrogens is 2. The molecule has 3 aromatic rings. The predicted molar refractivity (Wildman–Crippen MR) is 126 cm³/mol. The lowest BCUT2D eigenvalue weighted by atomic mass is 10.2. The summed E-state index contributed by atoms with van der Waals surface area (Å²) in [6, 6.07) is 12.3. The molecule has 0 saturated carbocycles. The quantitative estimate of drug-likeness (QED) is 0.602. The van der Waals surface area contributed by atoms with Crippen LogP contribution < -0.4 is 11.2 Å². The van der Waals surface area contributed by atoms with Crippen molar-refractivity contribution in [2.24, 2.45) is 4.99 Å². The van der Waals surface area contributed by atoms with E-state index in [1.165, 1.54) is 16.3 Å². The van der Waals surface area contributed by atoms with Crippen molar-refractivity contribution >= 4 is 51.0 Å². The van der Waals surface area contributed by atoms with Crippen LogP contribution in [0, 0.1) is 6.92 Å². The molecule has 160 valence electrons. The van der Waals surface area contributed by atoms with E-state index in [1.807, 2.05) is 19.1 Å². The van der Waals surface area contributed by atoms with Crippen molar-refractivity contribution in [2.75, 3.05) is 12.3 Å². The SMILES string of the molecule is CCn1c(=O)c2ccccc2n(CC(=O)N2CCSC2=Nc2cccc(Cl)c2C)c1=O. The molecule has 1 aliphatic heterocycles. The van der Waals surface area contributed by atoms with Crippen LogP contribution in [0.2, 0.25) is 5.02 Å². The number of benzene rings is 2. The number of halogens is 1. The zero-order chi connectivity index (χ0) is 22.1. The highest BCUT2D eigenvalue weighted by molar-refractivity contribution is 8.14. The van der Waals surface area contributed by atoms with Gasteiger partial charge in [-0.1, -0.05) is 41.6 Å². The summed E-state index contributed by atoms with van der Waals surface area (Å²) >= 11 is 7.68. The second kappa shape index (κ2) is 8.72. The fraction of sp³-hybridized carbons (Fsp3) is 0.273. The molecule has 2 heterocycles. The van der Waals surface area contributed by atoms with Gasteiger partial charge in [0, 0.05) is 23.9 Å². The molecule has 4 rings (SSSR count). The van der Waals surface area contributed by atoms with Crippen molar-refractivity contribution < 1.29 is 4.79 Å². The lowest BCUT2D eigenvalue weighted by Gasteiger charge is -2.18. The van der Waals surface area contributed by atoms with Gasteiger partial charge in [0.15, 0.2) is 5.17 Å². The molecule has 1 saturated heterocycles. The van der Waals surface area contributed by atoms with Gasteiger partial charge in [0.05, 0.1) is 16.6 Å². The summed E-state index contributed by atoms with van der Waals surface area (Å²) < 4.78 is 2.52. The van der Waals surface area contributed by atoms with Gasteiger partial charge in [-0.3, -0.25) is 23.6 Å². The summed E-state index contributed by atoms with van der Waals surface area (Å²) in [4.78, 5) is 45.0. The third kappa shape index (κ3) is 3.93. The monoisotopic (exact) mass is 456 g/mol. The van der Waals surface area contributed by atoms with Crippen LogP contribution in [0.4, 0.5) is 5.69 Å². The number of hydrogen-bond acceptors (Lipinski definition) is 5. The molecule has 1 aromatic heterocycles. The fourth-order valence-electron chi connectivity index (χ4n) is 3.57. The van der Waals surface area contributed by atoms with Crippen LogP contribution in [-0.2, 0) is 17.9 Å². The number of amides is 1. The molecule has 7 nitrogen and oxygen atoms in total. The molecule has 0 spiro atoms. The molecule has 0 radical (unpaired) electrons. The van der Waals surface area contributed by atoms with Crippen molar-refractivity contribution in [3.05, 3.63) is 73.9 Å². The standard InChI is InChI=1S/C22H21ClN4O3S/c1-3-25-20(29)15-7-4-5-10-18(15)27(22(25)30)13-19(28)26-11-12-31-21(26)24-17-9-6-8-16(23)14(17)2/h4-10H,3,11-13H2,1-2H3. The Bertz CT molecular complexity index is 1330. The average Bonchev–Trinajstić information content (AvgIpc) is 3.23. The van der Waals surface area contributed by atoms with Crippen LogP contribution in [0.1, 0.15) is 12.5 Å². The van der Waals surface area contributed by atoms with E-state index in [0.717, 1.165) is 10.1 Å². The predicted octanol–water partition coefficient (Wildman–Crippen LogP) is 3.41. The third-order valence-electron chi connectivity index (χ3n) is 5.28. The Hall–Kier alpha value is -2.84. The van der Waals surface area contributed by atoms with Gasteiger partial charge in [-0.25, -0.2) is 9.79 Å². The molecule has 2 aromatic carbocycles. The van der Waals surface area contributed by atoms with Gasteiger partial charge in [-0.05, 0) is 43.7 Å². The van der Waals surface area contributed by atoms with Crippen LogP contribution in [0.15, 0.2) is 57.0 Å². The number of carbonyl (C=O) groups is 1. The summed E-state index contributed by atoms with van der Waals surface area (Å²) in [5, 5.41) is 1.61. The van der Waals surface area contributed by atoms with E-state index in [1.54, 1.807) is 42.2 Å². The lowest BCUT2D eigenvalue weighted by molar-refractivity contribution is -0.127. The summed E-state index contributed by atoms with van der Waals surface area (Å²) in [5.74, 6) is 0.464. The Morgan fingerprint density at radius 3 is 2.68 bits per heavy atom. The first-order valence-corrected chi connectivity index (χ1v) is 11.3. The number of carbonyl (C=O) groups excluding carboxylic acids is 1. The Kier molecular flexibility index (Phi) is 6.02. The second-order valence-corrected chi connectivity index (χ2v) is 8.58. The van der Waals surface area contributed by atoms with Gasteiger partial charge >= 0.3 is 5.69 Å². The molecular formula is C22H21ClN4O3S. The zero-order valence-corrected chi connectivity index (χ0v) is 18.7. The van der Waals surface area contributed by atoms with E-state index >= 15 is 0 Å². The number of para-hydroxylation sites is 1. The van der Waals surface area contributed by atoms with Gasteiger partial charge in [0.25, 0.3) is 5.56 Å². The van der Waals surface area contributed by atoms with Crippen molar-refractivity contribution in [3.63, 3.8) is 0 Å². The van der Waals surface area contributed by atoms with E-state index in [9.17, 15) is 14.4 Å². The number of fused-ring (bicyclic) bond motifs is 1. The summed E-state index contributed by atoms with van der Waals surface area (Å²) in [6.07, 6.45) is 0. The maximum absolute atomic E-state index is 13.2. The van der Waals surface area contributed by atoms with Crippen molar-refractivity contribution in [1.82, 2.24) is 14.0 Å². The number of rotatable bonds is 4. The first-order valence-electron chi connectivity index (χ1n) is 9.91. The summed E-state index contributed by atoms with van der Waals surface area (Å²) in [6.45, 7) is 4.18. The molecule has 1 fully saturated rings. The molecule has 0 aliphatic carbocycles. The maximum Gasteiger partial charge on any atom is 0.331 e. The van der Waals surface area contributed by atoms with Crippen molar-refractivity contribution in [2.45, 2.75) is 26.9 Å². The molecule has 1 amide bonds. The highest BCUT2D eigenvalue weighted by atomic mass is 35.5. The highest BCUT2D eigenvalue weighted by Gasteiger charge is 2.27. The normalized spacial score (nSPS) is 15.2. The van der Waals surface area contributed by atoms with Crippen LogP contribution in [0.3, 0.4) is 0 Å². The zero-order valence-electron chi connectivity index (χ0n) is 17.2. The molecular weight excluding hydrogens is 436 g/mol. The largest absolute Gasteiger partial charge is 0.331 e. The van der Waals surface area contributed by atoms with Gasteiger partial charge in [-0.2, -0.15) is 0 Å². The van der Waals surface area contributed by atoms with Crippen LogP contribution >= 0.6 is 23.4 Å². The van der Waals surface area contributed by atoms with Crippen molar-refractivity contribution in [1.29, 1.82) is 0 Å². The van der Waals surface area contributed by atoms with Crippen LogP contribution in [0.5, 0.6) is 0 Å². The number of aliphatic imine (C=N–C) groups is 1. The Morgan fingerprint density at radius 2 is 1.90 bits per heavy atom. The Morgan fingerprint density at radius 1 is 1.13 bits per heavy atom. The minimum absolute atomic E-state index is 0.173. The molecule has 0 atom stereocenters. The van der Waals surface area contributed by atoms with E-state index in [2.05, 4.69) is 4.99 Å². The van der Waals surface area contributed by atoms with Crippen LogP contribution in [-0.4, -0.2) is 37.4 Å². The average molecular weight is 457 g/mol. The van der Waals surface area contributed by atoms with Gasteiger partial charge in [0.2, 0.25) is 5.91 Å². The minimum Gasteiger partial charge on any atom is -0.289 e. The molecule has 31 heavy (non-hydrogen) atoms. The van der Waals surface area contributed by atoms with Gasteiger partial charge in [-0.15, -0.1) is 0 Å². The molecule has 9 heteroatoms. The first kappa shape index (κ1) is 21.4. The first-order chi connectivity index (χ1) is 14.9. The summed E-state index contributed by atoms with van der Waals surface area (Å²) in [5.41, 5.74) is 1.16. The topological polar surface area (TPSA) is 76.7 Å². The molecule has 0 unspecified atom stereocenters. The minimum atomic E-state index is -0.490. The fourth-order valence-corrected chi connectivity index (χ4v) is 4.71.